The van der Waals surface area contributed by atoms with Crippen molar-refractivity contribution in [1.82, 2.24) is 14.5 Å². The number of hydrogen-bond donors (Lipinski definition) is 1. The normalized spacial score (nSPS) is 15.1. The largest absolute Gasteiger partial charge is 0.478 e. The van der Waals surface area contributed by atoms with Crippen LogP contribution >= 0.6 is 15.9 Å². The standard InChI is InChI=1S/C14H14BrN3O2/c15-12-7-10(14(19)20)1-2-11(12)8-17-5-6-18-4-3-16-13(18)9-17/h1-4,7H,5-6,8-9H2,(H,19,20). The molecular weight excluding hydrogens is 322 g/mol. The summed E-state index contributed by atoms with van der Waals surface area (Å²) in [5, 5.41) is 8.96. The number of carboxylic acids is 1. The Balaban J connectivity index is 1.74. The summed E-state index contributed by atoms with van der Waals surface area (Å²) < 4.78 is 3.00. The van der Waals surface area contributed by atoms with Crippen molar-refractivity contribution >= 4 is 21.9 Å². The molecule has 0 fully saturated rings. The zero-order chi connectivity index (χ0) is 14.1. The molecule has 1 aromatic heterocycles. The lowest BCUT2D eigenvalue weighted by atomic mass is 10.1. The van der Waals surface area contributed by atoms with E-state index in [-0.39, 0.29) is 0 Å². The van der Waals surface area contributed by atoms with E-state index in [4.69, 9.17) is 5.11 Å². The van der Waals surface area contributed by atoms with Gasteiger partial charge in [-0.1, -0.05) is 22.0 Å². The number of halogens is 1. The average Bonchev–Trinajstić information content (AvgIpc) is 2.88. The fourth-order valence-electron chi connectivity index (χ4n) is 2.41. The number of rotatable bonds is 3. The van der Waals surface area contributed by atoms with Crippen molar-refractivity contribution < 1.29 is 9.90 Å². The van der Waals surface area contributed by atoms with Crippen molar-refractivity contribution in [2.24, 2.45) is 0 Å². The number of fused-ring (bicyclic) bond motifs is 1. The number of carboxylic acid groups (broad SMARTS) is 1. The van der Waals surface area contributed by atoms with Crippen molar-refractivity contribution in [2.45, 2.75) is 19.6 Å². The second-order valence-electron chi connectivity index (χ2n) is 4.86. The van der Waals surface area contributed by atoms with E-state index in [1.54, 1.807) is 12.1 Å². The Labute approximate surface area is 125 Å². The van der Waals surface area contributed by atoms with Crippen molar-refractivity contribution in [2.75, 3.05) is 6.54 Å². The highest BCUT2D eigenvalue weighted by Gasteiger charge is 2.17. The zero-order valence-corrected chi connectivity index (χ0v) is 12.4. The Bertz CT molecular complexity index is 654. The monoisotopic (exact) mass is 335 g/mol. The maximum Gasteiger partial charge on any atom is 0.335 e. The summed E-state index contributed by atoms with van der Waals surface area (Å²) >= 11 is 3.46. The molecule has 1 N–H and O–H groups in total. The van der Waals surface area contributed by atoms with E-state index in [2.05, 4.69) is 30.4 Å². The number of aromatic nitrogens is 2. The number of hydrogen-bond acceptors (Lipinski definition) is 3. The van der Waals surface area contributed by atoms with Crippen LogP contribution in [0.4, 0.5) is 0 Å². The van der Waals surface area contributed by atoms with Gasteiger partial charge in [0.2, 0.25) is 0 Å². The number of imidazole rings is 1. The fourth-order valence-corrected chi connectivity index (χ4v) is 2.91. The second-order valence-corrected chi connectivity index (χ2v) is 5.71. The highest BCUT2D eigenvalue weighted by atomic mass is 79.9. The smallest absolute Gasteiger partial charge is 0.335 e. The van der Waals surface area contributed by atoms with Gasteiger partial charge >= 0.3 is 5.97 Å². The first kappa shape index (κ1) is 13.3. The zero-order valence-electron chi connectivity index (χ0n) is 10.8. The molecule has 0 atom stereocenters. The molecule has 1 aliphatic heterocycles. The van der Waals surface area contributed by atoms with Crippen LogP contribution in [0.5, 0.6) is 0 Å². The van der Waals surface area contributed by atoms with Gasteiger partial charge in [0, 0.05) is 36.5 Å². The average molecular weight is 336 g/mol. The highest BCUT2D eigenvalue weighted by Crippen LogP contribution is 2.22. The summed E-state index contributed by atoms with van der Waals surface area (Å²) in [6, 6.07) is 5.17. The first-order valence-corrected chi connectivity index (χ1v) is 7.17. The molecule has 0 unspecified atom stereocenters. The van der Waals surface area contributed by atoms with Gasteiger partial charge in [-0.2, -0.15) is 0 Å². The predicted octanol–water partition coefficient (Wildman–Crippen LogP) is 2.36. The van der Waals surface area contributed by atoms with Crippen LogP contribution < -0.4 is 0 Å². The van der Waals surface area contributed by atoms with Crippen LogP contribution in [0, 0.1) is 0 Å². The molecule has 6 heteroatoms. The summed E-state index contributed by atoms with van der Waals surface area (Å²) in [5.74, 6) is 0.173. The van der Waals surface area contributed by atoms with E-state index in [1.807, 2.05) is 18.5 Å². The molecule has 0 saturated heterocycles. The van der Waals surface area contributed by atoms with E-state index in [0.717, 1.165) is 42.0 Å². The van der Waals surface area contributed by atoms with Gasteiger partial charge in [-0.25, -0.2) is 9.78 Å². The minimum absolute atomic E-state index is 0.301. The molecule has 104 valence electrons. The lowest BCUT2D eigenvalue weighted by Gasteiger charge is -2.27. The number of carbonyl (C=O) groups is 1. The summed E-state index contributed by atoms with van der Waals surface area (Å²) in [5.41, 5.74) is 1.39. The third-order valence-corrected chi connectivity index (χ3v) is 4.26. The molecule has 0 radical (unpaired) electrons. The minimum atomic E-state index is -0.905. The van der Waals surface area contributed by atoms with Crippen LogP contribution in [0.15, 0.2) is 35.1 Å². The van der Waals surface area contributed by atoms with Crippen molar-refractivity contribution in [3.8, 4) is 0 Å². The molecular formula is C14H14BrN3O2. The summed E-state index contributed by atoms with van der Waals surface area (Å²) in [6.07, 6.45) is 3.83. The Kier molecular flexibility index (Phi) is 3.58. The SMILES string of the molecule is O=C(O)c1ccc(CN2CCn3ccnc3C2)c(Br)c1. The molecule has 2 heterocycles. The van der Waals surface area contributed by atoms with Gasteiger partial charge in [0.15, 0.2) is 0 Å². The van der Waals surface area contributed by atoms with E-state index in [1.165, 1.54) is 0 Å². The maximum absolute atomic E-state index is 10.9. The highest BCUT2D eigenvalue weighted by molar-refractivity contribution is 9.10. The van der Waals surface area contributed by atoms with Gasteiger partial charge in [-0.05, 0) is 17.7 Å². The van der Waals surface area contributed by atoms with Crippen molar-refractivity contribution in [1.29, 1.82) is 0 Å². The van der Waals surface area contributed by atoms with Crippen LogP contribution in [0.25, 0.3) is 0 Å². The summed E-state index contributed by atoms with van der Waals surface area (Å²) in [4.78, 5) is 17.6. The molecule has 20 heavy (non-hydrogen) atoms. The Morgan fingerprint density at radius 3 is 3.00 bits per heavy atom. The van der Waals surface area contributed by atoms with E-state index in [9.17, 15) is 4.79 Å². The van der Waals surface area contributed by atoms with Crippen molar-refractivity contribution in [3.05, 3.63) is 52.0 Å². The van der Waals surface area contributed by atoms with Gasteiger partial charge < -0.3 is 9.67 Å². The predicted molar refractivity (Wildman–Crippen MR) is 77.4 cm³/mol. The first-order chi connectivity index (χ1) is 9.63. The Morgan fingerprint density at radius 2 is 2.25 bits per heavy atom. The second kappa shape index (κ2) is 5.38. The Hall–Kier alpha value is -1.66. The molecule has 1 aliphatic rings. The maximum atomic E-state index is 10.9. The topological polar surface area (TPSA) is 58.4 Å². The molecule has 0 spiro atoms. The molecule has 2 aromatic rings. The first-order valence-electron chi connectivity index (χ1n) is 6.37. The lowest BCUT2D eigenvalue weighted by molar-refractivity contribution is 0.0697. The van der Waals surface area contributed by atoms with Crippen LogP contribution in [-0.4, -0.2) is 32.1 Å². The minimum Gasteiger partial charge on any atom is -0.478 e. The summed E-state index contributed by atoms with van der Waals surface area (Å²) in [7, 11) is 0. The molecule has 0 amide bonds. The van der Waals surface area contributed by atoms with E-state index >= 15 is 0 Å². The quantitative estimate of drug-likeness (QED) is 0.935. The van der Waals surface area contributed by atoms with Gasteiger partial charge in [0.1, 0.15) is 5.82 Å². The number of benzene rings is 1. The van der Waals surface area contributed by atoms with E-state index in [0.29, 0.717) is 5.56 Å². The molecule has 0 bridgehead atoms. The van der Waals surface area contributed by atoms with Gasteiger partial charge in [0.25, 0.3) is 0 Å². The molecule has 3 rings (SSSR count). The fraction of sp³-hybridized carbons (Fsp3) is 0.286. The van der Waals surface area contributed by atoms with Gasteiger partial charge in [-0.15, -0.1) is 0 Å². The molecule has 5 nitrogen and oxygen atoms in total. The van der Waals surface area contributed by atoms with Gasteiger partial charge in [0.05, 0.1) is 12.1 Å². The van der Waals surface area contributed by atoms with Crippen LogP contribution in [0.3, 0.4) is 0 Å². The van der Waals surface area contributed by atoms with E-state index < -0.39 is 5.97 Å². The van der Waals surface area contributed by atoms with Crippen LogP contribution in [0.2, 0.25) is 0 Å². The number of nitrogens with zero attached hydrogens (tertiary/aromatic N) is 3. The van der Waals surface area contributed by atoms with Crippen LogP contribution in [-0.2, 0) is 19.6 Å². The Morgan fingerprint density at radius 1 is 1.40 bits per heavy atom. The molecule has 0 aliphatic carbocycles. The summed E-state index contributed by atoms with van der Waals surface area (Å²) in [6.45, 7) is 3.52. The number of aromatic carboxylic acids is 1. The van der Waals surface area contributed by atoms with Gasteiger partial charge in [-0.3, -0.25) is 4.90 Å². The van der Waals surface area contributed by atoms with Crippen LogP contribution in [0.1, 0.15) is 21.7 Å². The molecule has 0 saturated carbocycles. The van der Waals surface area contributed by atoms with Crippen molar-refractivity contribution in [3.63, 3.8) is 0 Å². The third-order valence-electron chi connectivity index (χ3n) is 3.52. The molecule has 1 aromatic carbocycles. The lowest BCUT2D eigenvalue weighted by Crippen LogP contribution is -2.33. The third kappa shape index (κ3) is 2.62.